The van der Waals surface area contributed by atoms with Crippen molar-refractivity contribution in [3.8, 4) is 39.5 Å². The normalized spacial score (nSPS) is 11.6. The van der Waals surface area contributed by atoms with Gasteiger partial charge in [0.2, 0.25) is 0 Å². The van der Waals surface area contributed by atoms with Crippen molar-refractivity contribution in [3.05, 3.63) is 162 Å². The van der Waals surface area contributed by atoms with Crippen molar-refractivity contribution < 1.29 is 43.2 Å². The van der Waals surface area contributed by atoms with Crippen molar-refractivity contribution in [2.75, 3.05) is 0 Å². The van der Waals surface area contributed by atoms with Crippen LogP contribution in [0.15, 0.2) is 120 Å². The van der Waals surface area contributed by atoms with Gasteiger partial charge in [0.1, 0.15) is 23.2 Å². The zero-order chi connectivity index (χ0) is 43.2. The number of halogens is 2. The molecule has 0 aliphatic heterocycles. The van der Waals surface area contributed by atoms with E-state index in [1.807, 2.05) is 36.5 Å². The van der Waals surface area contributed by atoms with Crippen LogP contribution in [0.4, 0.5) is 8.78 Å². The van der Waals surface area contributed by atoms with Gasteiger partial charge >= 0.3 is 0 Å². The molecule has 8 nitrogen and oxygen atoms in total. The standard InChI is InChI=1S/C35H28FN4O.C16H15FNO2.Ir/c1-20(2)25-7-5-8-26(21(3)4)32(25)40-30-18-37-19-38-34(30)39-35(40)29-10-6-9-28-27-16-13-23(17-31(27)41-33(28)29)22-11-14-24(36)15-12-22;1-16(2,3)11-5-7-14(18-9-11)12-6-4-10(15(19)20)8-13(12)17;/h5-9,11-21H,1-4H3;4-5,7-9H,1-3H3,(H,19,20);/q2*-1;. The topological polar surface area (TPSA) is 107 Å². The minimum atomic E-state index is -1.18. The van der Waals surface area contributed by atoms with Gasteiger partial charge < -0.3 is 19.1 Å². The Labute approximate surface area is 372 Å². The Hall–Kier alpha value is -6.42. The third kappa shape index (κ3) is 8.43. The average Bonchev–Trinajstić information content (AvgIpc) is 3.82. The van der Waals surface area contributed by atoms with E-state index in [1.165, 1.54) is 35.7 Å². The Balaban J connectivity index is 0.000000233. The molecule has 1 radical (unpaired) electrons. The van der Waals surface area contributed by atoms with Crippen molar-refractivity contribution in [1.82, 2.24) is 24.5 Å². The molecule has 0 bridgehead atoms. The summed E-state index contributed by atoms with van der Waals surface area (Å²) in [6, 6.07) is 35.0. The Morgan fingerprint density at radius 1 is 0.806 bits per heavy atom. The monoisotopic (exact) mass is 1000 g/mol. The van der Waals surface area contributed by atoms with Crippen LogP contribution < -0.4 is 0 Å². The van der Waals surface area contributed by atoms with E-state index in [0.29, 0.717) is 22.7 Å². The van der Waals surface area contributed by atoms with Crippen LogP contribution in [-0.2, 0) is 25.5 Å². The minimum Gasteiger partial charge on any atom is -0.501 e. The number of aromatic carboxylic acids is 1. The van der Waals surface area contributed by atoms with E-state index >= 15 is 0 Å². The molecule has 1 N–H and O–H groups in total. The van der Waals surface area contributed by atoms with Crippen molar-refractivity contribution in [3.63, 3.8) is 0 Å². The average molecular weight is 1000 g/mol. The number of carbonyl (C=O) groups is 1. The number of nitrogens with zero attached hydrogens (tertiary/aromatic N) is 5. The van der Waals surface area contributed by atoms with Crippen molar-refractivity contribution in [2.24, 2.45) is 0 Å². The maximum absolute atomic E-state index is 13.9. The molecule has 5 aromatic carbocycles. The first-order valence-corrected chi connectivity index (χ1v) is 20.1. The SMILES string of the molecule is CC(C)(C)c1ccc(-c2[c-]cc(C(=O)O)cc2F)nc1.CC(C)c1cccc(C(C)C)c1-n1c(-c2[c-]ccc3c2oc2cc(-c4ccc(F)cc4)ccc23)nc2ncncc21.[Ir]. The summed E-state index contributed by atoms with van der Waals surface area (Å²) in [7, 11) is 0. The van der Waals surface area contributed by atoms with E-state index in [2.05, 4.69) is 104 Å². The molecule has 0 amide bonds. The van der Waals surface area contributed by atoms with Gasteiger partial charge in [0.15, 0.2) is 5.65 Å². The molecule has 0 aliphatic rings. The summed E-state index contributed by atoms with van der Waals surface area (Å²) in [5.41, 5.74) is 10.6. The van der Waals surface area contributed by atoms with E-state index in [1.54, 1.807) is 24.4 Å². The van der Waals surface area contributed by atoms with Crippen LogP contribution in [-0.4, -0.2) is 35.6 Å². The van der Waals surface area contributed by atoms with Crippen LogP contribution in [0.25, 0.3) is 72.6 Å². The van der Waals surface area contributed by atoms with E-state index in [4.69, 9.17) is 14.5 Å². The fourth-order valence-electron chi connectivity index (χ4n) is 7.49. The molecule has 0 spiro atoms. The first-order valence-electron chi connectivity index (χ1n) is 20.1. The van der Waals surface area contributed by atoms with Gasteiger partial charge in [-0.1, -0.05) is 126 Å². The summed E-state index contributed by atoms with van der Waals surface area (Å²) in [6.07, 6.45) is 5.06. The number of furan rings is 1. The second kappa shape index (κ2) is 17.5. The van der Waals surface area contributed by atoms with Crippen LogP contribution in [0.3, 0.4) is 0 Å². The molecule has 4 aromatic heterocycles. The predicted octanol–water partition coefficient (Wildman–Crippen LogP) is 12.9. The summed E-state index contributed by atoms with van der Waals surface area (Å²) < 4.78 is 36.2. The van der Waals surface area contributed by atoms with Gasteiger partial charge in [0.05, 0.1) is 17.6 Å². The third-order valence-electron chi connectivity index (χ3n) is 10.8. The first kappa shape index (κ1) is 43.7. The molecular formula is C51H43F2IrN5O3-2. The number of fused-ring (bicyclic) bond motifs is 4. The van der Waals surface area contributed by atoms with Gasteiger partial charge in [0.25, 0.3) is 5.97 Å². The number of hydrogen-bond donors (Lipinski definition) is 1. The Kier molecular flexibility index (Phi) is 12.3. The van der Waals surface area contributed by atoms with Gasteiger partial charge in [-0.05, 0) is 74.5 Å². The van der Waals surface area contributed by atoms with Gasteiger partial charge in [-0.15, -0.1) is 30.3 Å². The second-order valence-electron chi connectivity index (χ2n) is 16.6. The van der Waals surface area contributed by atoms with E-state index in [-0.39, 0.29) is 54.3 Å². The van der Waals surface area contributed by atoms with Gasteiger partial charge in [-0.3, -0.25) is 14.2 Å². The number of carboxylic acid groups (broad SMARTS) is 1. The molecule has 0 saturated carbocycles. The van der Waals surface area contributed by atoms with Gasteiger partial charge in [0, 0.05) is 43.2 Å². The molecule has 0 atom stereocenters. The fourth-order valence-corrected chi connectivity index (χ4v) is 7.49. The van der Waals surface area contributed by atoms with Crippen LogP contribution in [0.1, 0.15) is 87.4 Å². The van der Waals surface area contributed by atoms with Crippen LogP contribution in [0, 0.1) is 23.8 Å². The molecule has 315 valence electrons. The summed E-state index contributed by atoms with van der Waals surface area (Å²) in [5.74, 6) is -0.794. The molecule has 9 rings (SSSR count). The second-order valence-corrected chi connectivity index (χ2v) is 16.6. The maximum atomic E-state index is 13.9. The summed E-state index contributed by atoms with van der Waals surface area (Å²) in [4.78, 5) is 28.9. The number of carboxylic acids is 1. The van der Waals surface area contributed by atoms with Crippen LogP contribution >= 0.6 is 0 Å². The number of imidazole rings is 1. The molecule has 11 heteroatoms. The molecule has 62 heavy (non-hydrogen) atoms. The van der Waals surface area contributed by atoms with Gasteiger partial charge in [-0.25, -0.2) is 14.4 Å². The number of hydrogen-bond acceptors (Lipinski definition) is 6. The molecular weight excluding hydrogens is 961 g/mol. The van der Waals surface area contributed by atoms with E-state index in [0.717, 1.165) is 55.9 Å². The molecule has 0 saturated heterocycles. The zero-order valence-electron chi connectivity index (χ0n) is 35.2. The molecule has 9 aromatic rings. The largest absolute Gasteiger partial charge is 0.501 e. The number of benzene rings is 5. The molecule has 4 heterocycles. The van der Waals surface area contributed by atoms with Crippen molar-refractivity contribution in [2.45, 2.75) is 65.7 Å². The van der Waals surface area contributed by atoms with Gasteiger partial charge in [-0.2, -0.15) is 0 Å². The minimum absolute atomic E-state index is 0. The summed E-state index contributed by atoms with van der Waals surface area (Å²) in [6.45, 7) is 15.0. The van der Waals surface area contributed by atoms with Crippen molar-refractivity contribution in [1.29, 1.82) is 0 Å². The Morgan fingerprint density at radius 2 is 1.52 bits per heavy atom. The van der Waals surface area contributed by atoms with E-state index < -0.39 is 11.8 Å². The fraction of sp³-hybridized carbons (Fsp3) is 0.196. The first-order chi connectivity index (χ1) is 29.2. The molecule has 0 aliphatic carbocycles. The number of para-hydroxylation sites is 1. The quantitative estimate of drug-likeness (QED) is 0.158. The Morgan fingerprint density at radius 3 is 2.15 bits per heavy atom. The smallest absolute Gasteiger partial charge is 0.292 e. The van der Waals surface area contributed by atoms with Crippen LogP contribution in [0.5, 0.6) is 0 Å². The predicted molar refractivity (Wildman–Crippen MR) is 236 cm³/mol. The Bertz CT molecular complexity index is 3050. The number of aromatic nitrogens is 5. The zero-order valence-corrected chi connectivity index (χ0v) is 37.6. The van der Waals surface area contributed by atoms with Crippen LogP contribution in [0.2, 0.25) is 0 Å². The summed E-state index contributed by atoms with van der Waals surface area (Å²) >= 11 is 0. The van der Waals surface area contributed by atoms with Crippen molar-refractivity contribution >= 4 is 39.1 Å². The maximum Gasteiger partial charge on any atom is 0.292 e. The number of rotatable bonds is 7. The summed E-state index contributed by atoms with van der Waals surface area (Å²) in [5, 5.41) is 10.8. The molecule has 0 fully saturated rings. The van der Waals surface area contributed by atoms with E-state index in [9.17, 15) is 13.6 Å². The number of pyridine rings is 1. The third-order valence-corrected chi connectivity index (χ3v) is 10.8. The molecule has 0 unspecified atom stereocenters.